The highest BCUT2D eigenvalue weighted by Crippen LogP contribution is 2.30. The summed E-state index contributed by atoms with van der Waals surface area (Å²) in [5.74, 6) is 7.03. The van der Waals surface area contributed by atoms with Gasteiger partial charge in [-0.15, -0.1) is 0 Å². The standard InChI is InChI=1S/C32H36ClN3O4/c1-26(40-36(38)25-37)7-5-6-8-27-11-17-31(18-12-27)39-24-23-34-19-21-35(22-20-34)32(28-9-3-2-4-10-28)29-13-15-30(33)16-14-29/h2-4,9-18,25-26,32,38H,5,7,19-24H2,1H3/t26-,32?/m1/s1. The lowest BCUT2D eigenvalue weighted by molar-refractivity contribution is -0.323. The van der Waals surface area contributed by atoms with Crippen LogP contribution in [0, 0.1) is 11.8 Å². The Hall–Kier alpha value is -3.38. The van der Waals surface area contributed by atoms with E-state index in [9.17, 15) is 4.79 Å². The summed E-state index contributed by atoms with van der Waals surface area (Å²) in [6, 6.07) is 26.9. The topological polar surface area (TPSA) is 65.5 Å². The maximum Gasteiger partial charge on any atom is 0.261 e. The Kier molecular flexibility index (Phi) is 11.4. The molecule has 1 heterocycles. The summed E-state index contributed by atoms with van der Waals surface area (Å²) in [4.78, 5) is 20.3. The van der Waals surface area contributed by atoms with Crippen LogP contribution in [-0.4, -0.2) is 72.1 Å². The predicted molar refractivity (Wildman–Crippen MR) is 156 cm³/mol. The van der Waals surface area contributed by atoms with Gasteiger partial charge in [0.2, 0.25) is 0 Å². The van der Waals surface area contributed by atoms with Gasteiger partial charge in [0.05, 0.1) is 12.1 Å². The molecule has 7 nitrogen and oxygen atoms in total. The van der Waals surface area contributed by atoms with Gasteiger partial charge >= 0.3 is 0 Å². The Morgan fingerprint density at radius 2 is 1.65 bits per heavy atom. The van der Waals surface area contributed by atoms with Crippen LogP contribution in [-0.2, 0) is 9.63 Å². The Balaban J connectivity index is 1.20. The SMILES string of the molecule is C[C@H](CCC#Cc1ccc(OCCN2CCN(C(c3ccccc3)c3ccc(Cl)cc3)CC2)cc1)ON(O)C=O. The van der Waals surface area contributed by atoms with E-state index in [1.807, 2.05) is 36.4 Å². The van der Waals surface area contributed by atoms with Crippen molar-refractivity contribution < 1.29 is 19.6 Å². The molecule has 3 aromatic carbocycles. The van der Waals surface area contributed by atoms with Crippen molar-refractivity contribution in [1.82, 2.24) is 15.0 Å². The lowest BCUT2D eigenvalue weighted by Crippen LogP contribution is -2.48. The molecule has 0 saturated carbocycles. The van der Waals surface area contributed by atoms with E-state index in [2.05, 4.69) is 64.1 Å². The molecule has 4 rings (SSSR count). The first-order chi connectivity index (χ1) is 19.5. The number of hydroxylamine groups is 2. The highest BCUT2D eigenvalue weighted by Gasteiger charge is 2.26. The van der Waals surface area contributed by atoms with E-state index in [1.165, 1.54) is 11.1 Å². The number of amides is 1. The summed E-state index contributed by atoms with van der Waals surface area (Å²) in [6.45, 7) is 7.22. The lowest BCUT2D eigenvalue weighted by atomic mass is 9.96. The first-order valence-corrected chi connectivity index (χ1v) is 14.0. The zero-order valence-corrected chi connectivity index (χ0v) is 23.5. The van der Waals surface area contributed by atoms with Crippen LogP contribution >= 0.6 is 11.6 Å². The zero-order valence-electron chi connectivity index (χ0n) is 22.8. The molecule has 1 aliphatic rings. The van der Waals surface area contributed by atoms with Gasteiger partial charge in [-0.2, -0.15) is 0 Å². The van der Waals surface area contributed by atoms with Gasteiger partial charge in [-0.3, -0.25) is 19.8 Å². The van der Waals surface area contributed by atoms with Crippen molar-refractivity contribution >= 4 is 18.0 Å². The highest BCUT2D eigenvalue weighted by molar-refractivity contribution is 6.30. The van der Waals surface area contributed by atoms with Gasteiger partial charge in [-0.25, -0.2) is 4.84 Å². The van der Waals surface area contributed by atoms with Crippen molar-refractivity contribution in [2.45, 2.75) is 31.9 Å². The number of carbonyl (C=O) groups excluding carboxylic acids is 1. The number of hydrogen-bond donors (Lipinski definition) is 1. The second-order valence-electron chi connectivity index (χ2n) is 9.78. The molecule has 0 aromatic heterocycles. The number of halogens is 1. The molecule has 0 spiro atoms. The lowest BCUT2D eigenvalue weighted by Gasteiger charge is -2.39. The van der Waals surface area contributed by atoms with Crippen molar-refractivity contribution in [1.29, 1.82) is 0 Å². The summed E-state index contributed by atoms with van der Waals surface area (Å²) in [7, 11) is 0. The van der Waals surface area contributed by atoms with Crippen molar-refractivity contribution in [2.24, 2.45) is 0 Å². The Morgan fingerprint density at radius 3 is 2.33 bits per heavy atom. The van der Waals surface area contributed by atoms with Gasteiger partial charge in [-0.1, -0.05) is 71.1 Å². The van der Waals surface area contributed by atoms with Crippen LogP contribution in [0.25, 0.3) is 0 Å². The van der Waals surface area contributed by atoms with E-state index in [1.54, 1.807) is 6.92 Å². The van der Waals surface area contributed by atoms with Gasteiger partial charge in [0.25, 0.3) is 6.41 Å². The summed E-state index contributed by atoms with van der Waals surface area (Å²) in [5.41, 5.74) is 3.46. The van der Waals surface area contributed by atoms with Gasteiger partial charge in [-0.05, 0) is 60.9 Å². The van der Waals surface area contributed by atoms with E-state index >= 15 is 0 Å². The summed E-state index contributed by atoms with van der Waals surface area (Å²) < 4.78 is 6.00. The fraction of sp³-hybridized carbons (Fsp3) is 0.344. The van der Waals surface area contributed by atoms with E-state index in [0.29, 0.717) is 19.4 Å². The van der Waals surface area contributed by atoms with Crippen molar-refractivity contribution in [2.75, 3.05) is 39.3 Å². The molecule has 0 radical (unpaired) electrons. The van der Waals surface area contributed by atoms with Gasteiger partial charge in [0.15, 0.2) is 0 Å². The Bertz CT molecular complexity index is 1240. The highest BCUT2D eigenvalue weighted by atomic mass is 35.5. The van der Waals surface area contributed by atoms with Crippen LogP contribution in [0.4, 0.5) is 0 Å². The minimum atomic E-state index is -0.308. The minimum Gasteiger partial charge on any atom is -0.492 e. The number of benzene rings is 3. The van der Waals surface area contributed by atoms with Gasteiger partial charge < -0.3 is 4.74 Å². The maximum atomic E-state index is 10.4. The van der Waals surface area contributed by atoms with Crippen LogP contribution in [0.3, 0.4) is 0 Å². The molecule has 1 amide bonds. The molecule has 1 unspecified atom stereocenters. The smallest absolute Gasteiger partial charge is 0.261 e. The molecule has 1 fully saturated rings. The maximum absolute atomic E-state index is 10.4. The minimum absolute atomic E-state index is 0.182. The third kappa shape index (κ3) is 9.09. The van der Waals surface area contributed by atoms with E-state index in [0.717, 1.165) is 49.1 Å². The molecule has 0 bridgehead atoms. The van der Waals surface area contributed by atoms with Crippen LogP contribution < -0.4 is 4.74 Å². The molecule has 2 atom stereocenters. The number of ether oxygens (including phenoxy) is 1. The fourth-order valence-electron chi connectivity index (χ4n) is 4.77. The molecule has 3 aromatic rings. The largest absolute Gasteiger partial charge is 0.492 e. The monoisotopic (exact) mass is 561 g/mol. The molecular weight excluding hydrogens is 526 g/mol. The average molecular weight is 562 g/mol. The van der Waals surface area contributed by atoms with Gasteiger partial charge in [0, 0.05) is 49.7 Å². The number of nitrogens with zero attached hydrogens (tertiary/aromatic N) is 3. The van der Waals surface area contributed by atoms with E-state index in [-0.39, 0.29) is 23.8 Å². The number of hydrogen-bond acceptors (Lipinski definition) is 6. The van der Waals surface area contributed by atoms with Crippen LogP contribution in [0.15, 0.2) is 78.9 Å². The second-order valence-corrected chi connectivity index (χ2v) is 10.2. The number of piperazine rings is 1. The van der Waals surface area contributed by atoms with E-state index in [4.69, 9.17) is 26.4 Å². The zero-order chi connectivity index (χ0) is 28.2. The van der Waals surface area contributed by atoms with Crippen molar-refractivity contribution in [3.8, 4) is 17.6 Å². The molecule has 1 aliphatic heterocycles. The fourth-order valence-corrected chi connectivity index (χ4v) is 4.89. The normalized spacial score (nSPS) is 15.5. The molecule has 210 valence electrons. The van der Waals surface area contributed by atoms with Crippen LogP contribution in [0.1, 0.15) is 42.5 Å². The number of rotatable bonds is 12. The molecule has 40 heavy (non-hydrogen) atoms. The van der Waals surface area contributed by atoms with Gasteiger partial charge in [0.1, 0.15) is 12.4 Å². The second kappa shape index (κ2) is 15.4. The summed E-state index contributed by atoms with van der Waals surface area (Å²) in [5, 5.41) is 9.97. The molecule has 0 aliphatic carbocycles. The third-order valence-electron chi connectivity index (χ3n) is 6.89. The first kappa shape index (κ1) is 29.6. The van der Waals surface area contributed by atoms with E-state index < -0.39 is 0 Å². The predicted octanol–water partition coefficient (Wildman–Crippen LogP) is 5.43. The van der Waals surface area contributed by atoms with Crippen LogP contribution in [0.2, 0.25) is 5.02 Å². The first-order valence-electron chi connectivity index (χ1n) is 13.6. The molecule has 8 heteroatoms. The van der Waals surface area contributed by atoms with Crippen LogP contribution in [0.5, 0.6) is 5.75 Å². The van der Waals surface area contributed by atoms with Crippen molar-refractivity contribution in [3.63, 3.8) is 0 Å². The van der Waals surface area contributed by atoms with Crippen molar-refractivity contribution in [3.05, 3.63) is 101 Å². The summed E-state index contributed by atoms with van der Waals surface area (Å²) in [6.07, 6.45) is 1.08. The third-order valence-corrected chi connectivity index (χ3v) is 7.14. The quantitative estimate of drug-likeness (QED) is 0.138. The number of carbonyl (C=O) groups is 1. The molecular formula is C32H36ClN3O4. The Morgan fingerprint density at radius 1 is 0.975 bits per heavy atom. The Labute approximate surface area is 241 Å². The molecule has 1 N–H and O–H groups in total. The molecule has 1 saturated heterocycles. The average Bonchev–Trinajstić information content (AvgIpc) is 2.98. The summed E-state index contributed by atoms with van der Waals surface area (Å²) >= 11 is 6.16.